The van der Waals surface area contributed by atoms with E-state index < -0.39 is 24.5 Å². The van der Waals surface area contributed by atoms with Crippen LogP contribution in [0.5, 0.6) is 0 Å². The van der Waals surface area contributed by atoms with Crippen molar-refractivity contribution < 1.29 is 28.4 Å². The lowest BCUT2D eigenvalue weighted by Gasteiger charge is -2.10. The van der Waals surface area contributed by atoms with Crippen LogP contribution in [0, 0.1) is 13.8 Å². The number of nitrogens with one attached hydrogen (secondary N) is 1. The number of rotatable bonds is 6. The molecule has 0 radical (unpaired) electrons. The number of aryl methyl sites for hydroxylation is 2. The molecule has 0 unspecified atom stereocenters. The van der Waals surface area contributed by atoms with E-state index in [0.717, 1.165) is 0 Å². The first-order chi connectivity index (χ1) is 11.9. The summed E-state index contributed by atoms with van der Waals surface area (Å²) in [5.74, 6) is -1.52. The summed E-state index contributed by atoms with van der Waals surface area (Å²) in [6, 6.07) is 6.40. The number of nitrogens with zero attached hydrogens (tertiary/aromatic N) is 1. The minimum Gasteiger partial charge on any atom is -0.462 e. The maximum atomic E-state index is 12.0. The Hall–Kier alpha value is -3.16. The highest BCUT2D eigenvalue weighted by Crippen LogP contribution is 2.17. The van der Waals surface area contributed by atoms with Crippen LogP contribution in [-0.4, -0.2) is 36.2 Å². The summed E-state index contributed by atoms with van der Waals surface area (Å²) in [4.78, 5) is 35.9. The molecule has 0 bridgehead atoms. The SMILES string of the molecule is CCOC(=O)c1ccccc1NC(=O)COC(=O)c1c(C)noc1C. The van der Waals surface area contributed by atoms with Crippen LogP contribution in [0.15, 0.2) is 28.8 Å². The number of carbonyl (C=O) groups is 3. The molecule has 0 saturated carbocycles. The quantitative estimate of drug-likeness (QED) is 0.799. The minimum absolute atomic E-state index is 0.194. The highest BCUT2D eigenvalue weighted by molar-refractivity contribution is 6.02. The average molecular weight is 346 g/mol. The van der Waals surface area contributed by atoms with Gasteiger partial charge in [0.1, 0.15) is 11.3 Å². The highest BCUT2D eigenvalue weighted by atomic mass is 16.5. The summed E-state index contributed by atoms with van der Waals surface area (Å²) in [7, 11) is 0. The van der Waals surface area contributed by atoms with Crippen LogP contribution in [0.2, 0.25) is 0 Å². The number of hydrogen-bond donors (Lipinski definition) is 1. The third-order valence-electron chi connectivity index (χ3n) is 3.27. The molecule has 132 valence electrons. The zero-order valence-corrected chi connectivity index (χ0v) is 14.1. The van der Waals surface area contributed by atoms with Crippen molar-refractivity contribution in [1.82, 2.24) is 5.16 Å². The molecular formula is C17H18N2O6. The molecule has 8 heteroatoms. The van der Waals surface area contributed by atoms with Gasteiger partial charge in [-0.05, 0) is 32.9 Å². The van der Waals surface area contributed by atoms with Gasteiger partial charge >= 0.3 is 11.9 Å². The van der Waals surface area contributed by atoms with Crippen molar-refractivity contribution >= 4 is 23.5 Å². The molecule has 2 aromatic rings. The van der Waals surface area contributed by atoms with Crippen molar-refractivity contribution in [1.29, 1.82) is 0 Å². The van der Waals surface area contributed by atoms with Gasteiger partial charge in [-0.2, -0.15) is 0 Å². The van der Waals surface area contributed by atoms with Gasteiger partial charge in [0.25, 0.3) is 5.91 Å². The number of hydrogen-bond acceptors (Lipinski definition) is 7. The van der Waals surface area contributed by atoms with Gasteiger partial charge in [0.15, 0.2) is 6.61 Å². The van der Waals surface area contributed by atoms with Crippen LogP contribution < -0.4 is 5.32 Å². The average Bonchev–Trinajstić information content (AvgIpc) is 2.92. The van der Waals surface area contributed by atoms with E-state index in [2.05, 4.69) is 10.5 Å². The van der Waals surface area contributed by atoms with Gasteiger partial charge in [-0.15, -0.1) is 0 Å². The molecule has 1 heterocycles. The number of anilines is 1. The number of esters is 2. The third kappa shape index (κ3) is 4.43. The maximum absolute atomic E-state index is 12.0. The third-order valence-corrected chi connectivity index (χ3v) is 3.27. The van der Waals surface area contributed by atoms with E-state index in [1.807, 2.05) is 0 Å². The normalized spacial score (nSPS) is 10.2. The number of carbonyl (C=O) groups excluding carboxylic acids is 3. The van der Waals surface area contributed by atoms with Crippen molar-refractivity contribution in [3.05, 3.63) is 46.8 Å². The predicted octanol–water partition coefficient (Wildman–Crippen LogP) is 2.26. The molecule has 1 N–H and O–H groups in total. The first kappa shape index (κ1) is 18.2. The number of benzene rings is 1. The topological polar surface area (TPSA) is 108 Å². The Morgan fingerprint density at radius 1 is 1.12 bits per heavy atom. The lowest BCUT2D eigenvalue weighted by molar-refractivity contribution is -0.119. The van der Waals surface area contributed by atoms with Crippen LogP contribution in [0.1, 0.15) is 39.1 Å². The van der Waals surface area contributed by atoms with Gasteiger partial charge in [-0.3, -0.25) is 4.79 Å². The summed E-state index contributed by atoms with van der Waals surface area (Å²) >= 11 is 0. The van der Waals surface area contributed by atoms with Crippen LogP contribution in [0.3, 0.4) is 0 Å². The van der Waals surface area contributed by atoms with Gasteiger partial charge in [-0.1, -0.05) is 17.3 Å². The van der Waals surface area contributed by atoms with E-state index in [1.165, 1.54) is 6.07 Å². The zero-order chi connectivity index (χ0) is 18.4. The minimum atomic E-state index is -0.704. The Kier molecular flexibility index (Phi) is 5.89. The van der Waals surface area contributed by atoms with E-state index in [9.17, 15) is 14.4 Å². The molecule has 0 saturated heterocycles. The maximum Gasteiger partial charge on any atom is 0.344 e. The molecule has 25 heavy (non-hydrogen) atoms. The molecule has 1 aromatic carbocycles. The second-order valence-electron chi connectivity index (χ2n) is 5.09. The van der Waals surface area contributed by atoms with E-state index in [4.69, 9.17) is 14.0 Å². The molecule has 0 aliphatic rings. The fraction of sp³-hybridized carbons (Fsp3) is 0.294. The van der Waals surface area contributed by atoms with Crippen molar-refractivity contribution in [3.63, 3.8) is 0 Å². The molecule has 0 fully saturated rings. The molecule has 0 atom stereocenters. The van der Waals surface area contributed by atoms with Crippen LogP contribution in [-0.2, 0) is 14.3 Å². The van der Waals surface area contributed by atoms with Crippen molar-refractivity contribution in [3.8, 4) is 0 Å². The Balaban J connectivity index is 1.99. The van der Waals surface area contributed by atoms with Gasteiger partial charge < -0.3 is 19.3 Å². The van der Waals surface area contributed by atoms with E-state index in [-0.39, 0.29) is 23.4 Å². The Bertz CT molecular complexity index is 777. The summed E-state index contributed by atoms with van der Waals surface area (Å²) in [6.07, 6.45) is 0. The number of aromatic nitrogens is 1. The first-order valence-electron chi connectivity index (χ1n) is 7.60. The lowest BCUT2D eigenvalue weighted by atomic mass is 10.2. The van der Waals surface area contributed by atoms with Gasteiger partial charge in [0, 0.05) is 0 Å². The molecular weight excluding hydrogens is 328 g/mol. The van der Waals surface area contributed by atoms with Gasteiger partial charge in [0.2, 0.25) is 0 Å². The van der Waals surface area contributed by atoms with Crippen LogP contribution in [0.4, 0.5) is 5.69 Å². The second-order valence-corrected chi connectivity index (χ2v) is 5.09. The molecule has 0 aliphatic carbocycles. The fourth-order valence-electron chi connectivity index (χ4n) is 2.14. The van der Waals surface area contributed by atoms with Crippen molar-refractivity contribution in [2.45, 2.75) is 20.8 Å². The smallest absolute Gasteiger partial charge is 0.344 e. The summed E-state index contributed by atoms with van der Waals surface area (Å²) < 4.78 is 14.8. The monoisotopic (exact) mass is 346 g/mol. The highest BCUT2D eigenvalue weighted by Gasteiger charge is 2.20. The molecule has 8 nitrogen and oxygen atoms in total. The molecule has 1 aromatic heterocycles. The van der Waals surface area contributed by atoms with Crippen molar-refractivity contribution in [2.24, 2.45) is 0 Å². The van der Waals surface area contributed by atoms with Gasteiger partial charge in [0.05, 0.1) is 23.6 Å². The fourth-order valence-corrected chi connectivity index (χ4v) is 2.14. The molecule has 1 amide bonds. The zero-order valence-electron chi connectivity index (χ0n) is 14.1. The van der Waals surface area contributed by atoms with Gasteiger partial charge in [-0.25, -0.2) is 9.59 Å². The Morgan fingerprint density at radius 3 is 2.48 bits per heavy atom. The largest absolute Gasteiger partial charge is 0.462 e. The molecule has 0 aliphatic heterocycles. The predicted molar refractivity (Wildman–Crippen MR) is 87.3 cm³/mol. The van der Waals surface area contributed by atoms with E-state index >= 15 is 0 Å². The number of amides is 1. The van der Waals surface area contributed by atoms with Crippen LogP contribution >= 0.6 is 0 Å². The number of ether oxygens (including phenoxy) is 2. The van der Waals surface area contributed by atoms with E-state index in [0.29, 0.717) is 11.5 Å². The Morgan fingerprint density at radius 2 is 1.84 bits per heavy atom. The lowest BCUT2D eigenvalue weighted by Crippen LogP contribution is -2.22. The first-order valence-corrected chi connectivity index (χ1v) is 7.60. The van der Waals surface area contributed by atoms with Crippen LogP contribution in [0.25, 0.3) is 0 Å². The summed E-state index contributed by atoms with van der Waals surface area (Å²) in [5, 5.41) is 6.18. The van der Waals surface area contributed by atoms with Crippen molar-refractivity contribution in [2.75, 3.05) is 18.5 Å². The molecule has 0 spiro atoms. The Labute approximate surface area is 144 Å². The summed E-state index contributed by atoms with van der Waals surface area (Å²) in [6.45, 7) is 4.57. The summed E-state index contributed by atoms with van der Waals surface area (Å²) in [5.41, 5.74) is 1.07. The number of para-hydroxylation sites is 1. The second kappa shape index (κ2) is 8.09. The molecule has 2 rings (SSSR count). The standard InChI is InChI=1S/C17H18N2O6/c1-4-23-16(21)12-7-5-6-8-13(12)18-14(20)9-24-17(22)15-10(2)19-25-11(15)3/h5-8H,4,9H2,1-3H3,(H,18,20). The van der Waals surface area contributed by atoms with E-state index in [1.54, 1.807) is 39.0 Å².